The standard InChI is InChI=1S/C18H24N2O3.ClH/c1-12-5-6-13(16(7-12)23-18(2,3)4)10-20-17(21)14-8-15(9-19)22-11-14;/h5-8,11H,9-10,19H2,1-4H3,(H,20,21);1H. The number of carbonyl (C=O) groups is 1. The summed E-state index contributed by atoms with van der Waals surface area (Å²) >= 11 is 0. The third kappa shape index (κ3) is 5.58. The van der Waals surface area contributed by atoms with Crippen LogP contribution in [-0.4, -0.2) is 11.5 Å². The molecule has 24 heavy (non-hydrogen) atoms. The molecule has 1 aromatic heterocycles. The number of amides is 1. The van der Waals surface area contributed by atoms with E-state index in [0.717, 1.165) is 16.9 Å². The lowest BCUT2D eigenvalue weighted by Crippen LogP contribution is -2.26. The molecule has 0 aliphatic heterocycles. The Labute approximate surface area is 149 Å². The number of rotatable bonds is 5. The van der Waals surface area contributed by atoms with Crippen LogP contribution in [0.25, 0.3) is 0 Å². The molecular formula is C18H25ClN2O3. The lowest BCUT2D eigenvalue weighted by atomic mass is 10.1. The summed E-state index contributed by atoms with van der Waals surface area (Å²) in [4.78, 5) is 12.2. The van der Waals surface area contributed by atoms with Gasteiger partial charge < -0.3 is 20.2 Å². The monoisotopic (exact) mass is 352 g/mol. The van der Waals surface area contributed by atoms with E-state index in [1.807, 2.05) is 45.9 Å². The molecule has 2 aromatic rings. The number of nitrogens with two attached hydrogens (primary N) is 1. The number of ether oxygens (including phenoxy) is 1. The van der Waals surface area contributed by atoms with Crippen molar-refractivity contribution in [1.29, 1.82) is 0 Å². The second-order valence-electron chi connectivity index (χ2n) is 6.51. The van der Waals surface area contributed by atoms with Crippen LogP contribution in [0.4, 0.5) is 0 Å². The largest absolute Gasteiger partial charge is 0.488 e. The van der Waals surface area contributed by atoms with Crippen molar-refractivity contribution >= 4 is 18.3 Å². The van der Waals surface area contributed by atoms with Crippen LogP contribution in [-0.2, 0) is 13.1 Å². The maximum Gasteiger partial charge on any atom is 0.254 e. The van der Waals surface area contributed by atoms with E-state index in [0.29, 0.717) is 17.9 Å². The first-order valence-corrected chi connectivity index (χ1v) is 7.63. The first-order valence-electron chi connectivity index (χ1n) is 7.63. The fraction of sp³-hybridized carbons (Fsp3) is 0.389. The van der Waals surface area contributed by atoms with E-state index < -0.39 is 0 Å². The normalized spacial score (nSPS) is 10.9. The predicted octanol–water partition coefficient (Wildman–Crippen LogP) is 3.58. The second-order valence-corrected chi connectivity index (χ2v) is 6.51. The van der Waals surface area contributed by atoms with Crippen LogP contribution in [0, 0.1) is 6.92 Å². The Morgan fingerprint density at radius 2 is 2.00 bits per heavy atom. The lowest BCUT2D eigenvalue weighted by molar-refractivity contribution is 0.0949. The van der Waals surface area contributed by atoms with Crippen molar-refractivity contribution in [3.8, 4) is 5.75 Å². The van der Waals surface area contributed by atoms with Gasteiger partial charge in [-0.3, -0.25) is 4.79 Å². The number of benzene rings is 1. The highest BCUT2D eigenvalue weighted by Crippen LogP contribution is 2.24. The summed E-state index contributed by atoms with van der Waals surface area (Å²) in [7, 11) is 0. The molecule has 0 spiro atoms. The van der Waals surface area contributed by atoms with Crippen LogP contribution in [0.2, 0.25) is 0 Å². The van der Waals surface area contributed by atoms with E-state index in [1.54, 1.807) is 6.07 Å². The number of carbonyl (C=O) groups excluding carboxylic acids is 1. The summed E-state index contributed by atoms with van der Waals surface area (Å²) < 4.78 is 11.2. The lowest BCUT2D eigenvalue weighted by Gasteiger charge is -2.23. The molecule has 0 fully saturated rings. The Kier molecular flexibility index (Phi) is 6.87. The average molecular weight is 353 g/mol. The van der Waals surface area contributed by atoms with Crippen LogP contribution in [0.3, 0.4) is 0 Å². The summed E-state index contributed by atoms with van der Waals surface area (Å²) in [6.45, 7) is 8.66. The summed E-state index contributed by atoms with van der Waals surface area (Å²) in [5, 5.41) is 2.88. The third-order valence-electron chi connectivity index (χ3n) is 3.20. The van der Waals surface area contributed by atoms with Gasteiger partial charge in [-0.1, -0.05) is 12.1 Å². The maximum absolute atomic E-state index is 12.2. The van der Waals surface area contributed by atoms with Gasteiger partial charge in [0.15, 0.2) is 0 Å². The Morgan fingerprint density at radius 3 is 2.58 bits per heavy atom. The van der Waals surface area contributed by atoms with E-state index in [1.165, 1.54) is 6.26 Å². The first-order chi connectivity index (χ1) is 10.8. The molecule has 1 aromatic carbocycles. The summed E-state index contributed by atoms with van der Waals surface area (Å²) in [5.74, 6) is 1.17. The Morgan fingerprint density at radius 1 is 1.29 bits per heavy atom. The van der Waals surface area contributed by atoms with Crippen LogP contribution in [0.1, 0.15) is 48.0 Å². The fourth-order valence-corrected chi connectivity index (χ4v) is 2.12. The maximum atomic E-state index is 12.2. The molecule has 0 atom stereocenters. The molecule has 0 bridgehead atoms. The molecule has 0 saturated heterocycles. The van der Waals surface area contributed by atoms with Crippen molar-refractivity contribution in [2.24, 2.45) is 5.73 Å². The molecule has 0 radical (unpaired) electrons. The Hall–Kier alpha value is -1.98. The molecule has 3 N–H and O–H groups in total. The molecule has 6 heteroatoms. The van der Waals surface area contributed by atoms with E-state index in [4.69, 9.17) is 14.9 Å². The van der Waals surface area contributed by atoms with Gasteiger partial charge in [-0.25, -0.2) is 0 Å². The van der Waals surface area contributed by atoms with Crippen LogP contribution in [0.15, 0.2) is 34.9 Å². The average Bonchev–Trinajstić information content (AvgIpc) is 2.93. The molecular weight excluding hydrogens is 328 g/mol. The quantitative estimate of drug-likeness (QED) is 0.862. The van der Waals surface area contributed by atoms with Crippen molar-refractivity contribution in [2.75, 3.05) is 0 Å². The van der Waals surface area contributed by atoms with Gasteiger partial charge in [-0.05, 0) is 45.4 Å². The summed E-state index contributed by atoms with van der Waals surface area (Å²) in [5.41, 5.74) is 7.69. The molecule has 5 nitrogen and oxygen atoms in total. The topological polar surface area (TPSA) is 77.5 Å². The van der Waals surface area contributed by atoms with Gasteiger partial charge in [0.25, 0.3) is 5.91 Å². The van der Waals surface area contributed by atoms with E-state index in [9.17, 15) is 4.79 Å². The minimum Gasteiger partial charge on any atom is -0.488 e. The van der Waals surface area contributed by atoms with Gasteiger partial charge in [-0.2, -0.15) is 0 Å². The molecule has 2 rings (SSSR count). The molecule has 0 aliphatic carbocycles. The van der Waals surface area contributed by atoms with E-state index in [2.05, 4.69) is 5.32 Å². The molecule has 1 amide bonds. The number of halogens is 1. The zero-order chi connectivity index (χ0) is 17.0. The first kappa shape index (κ1) is 20.1. The molecule has 0 saturated carbocycles. The minimum absolute atomic E-state index is 0. The van der Waals surface area contributed by atoms with Crippen molar-refractivity contribution < 1.29 is 13.9 Å². The third-order valence-corrected chi connectivity index (χ3v) is 3.20. The number of hydrogen-bond acceptors (Lipinski definition) is 4. The minimum atomic E-state index is -0.298. The zero-order valence-electron chi connectivity index (χ0n) is 14.5. The van der Waals surface area contributed by atoms with Crippen molar-refractivity contribution in [3.63, 3.8) is 0 Å². The van der Waals surface area contributed by atoms with Crippen molar-refractivity contribution in [1.82, 2.24) is 5.32 Å². The second kappa shape index (κ2) is 8.22. The Balaban J connectivity index is 0.00000288. The van der Waals surface area contributed by atoms with Crippen molar-refractivity contribution in [2.45, 2.75) is 46.4 Å². The molecule has 1 heterocycles. The smallest absolute Gasteiger partial charge is 0.254 e. The number of furan rings is 1. The van der Waals surface area contributed by atoms with Gasteiger partial charge in [0.1, 0.15) is 23.4 Å². The van der Waals surface area contributed by atoms with Crippen LogP contribution < -0.4 is 15.8 Å². The van der Waals surface area contributed by atoms with Gasteiger partial charge in [0, 0.05) is 12.1 Å². The van der Waals surface area contributed by atoms with Gasteiger partial charge in [0.2, 0.25) is 0 Å². The molecule has 132 valence electrons. The Bertz CT molecular complexity index is 690. The van der Waals surface area contributed by atoms with E-state index >= 15 is 0 Å². The summed E-state index contributed by atoms with van der Waals surface area (Å²) in [6.07, 6.45) is 1.42. The van der Waals surface area contributed by atoms with Crippen LogP contribution in [0.5, 0.6) is 5.75 Å². The number of hydrogen-bond donors (Lipinski definition) is 2. The zero-order valence-corrected chi connectivity index (χ0v) is 15.3. The van der Waals surface area contributed by atoms with Gasteiger partial charge in [-0.15, -0.1) is 12.4 Å². The van der Waals surface area contributed by atoms with Gasteiger partial charge in [0.05, 0.1) is 12.1 Å². The number of aryl methyl sites for hydroxylation is 1. The fourth-order valence-electron chi connectivity index (χ4n) is 2.12. The highest BCUT2D eigenvalue weighted by molar-refractivity contribution is 5.93. The SMILES string of the molecule is Cc1ccc(CNC(=O)c2coc(CN)c2)c(OC(C)(C)C)c1.Cl. The highest BCUT2D eigenvalue weighted by Gasteiger charge is 2.16. The summed E-state index contributed by atoms with van der Waals surface area (Å²) in [6, 6.07) is 7.60. The highest BCUT2D eigenvalue weighted by atomic mass is 35.5. The van der Waals surface area contributed by atoms with E-state index in [-0.39, 0.29) is 30.5 Å². The van der Waals surface area contributed by atoms with Crippen LogP contribution >= 0.6 is 12.4 Å². The molecule has 0 unspecified atom stereocenters. The molecule has 0 aliphatic rings. The van der Waals surface area contributed by atoms with Gasteiger partial charge >= 0.3 is 0 Å². The predicted molar refractivity (Wildman–Crippen MR) is 96.6 cm³/mol. The number of nitrogens with one attached hydrogen (secondary N) is 1. The van der Waals surface area contributed by atoms with Crippen molar-refractivity contribution in [3.05, 3.63) is 53.0 Å².